The molecule has 8 heteroatoms. The minimum Gasteiger partial charge on any atom is -0.462 e. The van der Waals surface area contributed by atoms with Gasteiger partial charge in [0.25, 0.3) is 5.91 Å². The molecule has 0 aliphatic heterocycles. The van der Waals surface area contributed by atoms with Crippen LogP contribution in [-0.2, 0) is 9.47 Å². The SMILES string of the molecule is CCOC(=O)c1cc(NC(=O)c2cc3ccccc3oc2=O)cc(C(=O)OCC)c1. The van der Waals surface area contributed by atoms with Crippen molar-refractivity contribution in [1.29, 1.82) is 0 Å². The van der Waals surface area contributed by atoms with Crippen LogP contribution in [0, 0.1) is 0 Å². The maximum Gasteiger partial charge on any atom is 0.349 e. The van der Waals surface area contributed by atoms with Crippen LogP contribution in [-0.4, -0.2) is 31.1 Å². The molecular formula is C22H19NO7. The molecule has 0 aliphatic carbocycles. The number of anilines is 1. The highest BCUT2D eigenvalue weighted by Gasteiger charge is 2.18. The number of hydrogen-bond acceptors (Lipinski definition) is 7. The lowest BCUT2D eigenvalue weighted by atomic mass is 10.1. The highest BCUT2D eigenvalue weighted by Crippen LogP contribution is 2.19. The first-order valence-corrected chi connectivity index (χ1v) is 9.26. The molecule has 0 saturated carbocycles. The topological polar surface area (TPSA) is 112 Å². The van der Waals surface area contributed by atoms with Crippen molar-refractivity contribution in [2.24, 2.45) is 0 Å². The van der Waals surface area contributed by atoms with Gasteiger partial charge in [-0.15, -0.1) is 0 Å². The Labute approximate surface area is 171 Å². The Hall–Kier alpha value is -3.94. The fourth-order valence-electron chi connectivity index (χ4n) is 2.78. The zero-order valence-electron chi connectivity index (χ0n) is 16.4. The van der Waals surface area contributed by atoms with Crippen molar-refractivity contribution in [3.05, 3.63) is 75.6 Å². The minimum absolute atomic E-state index is 0.0586. The molecule has 3 rings (SSSR count). The van der Waals surface area contributed by atoms with Crippen LogP contribution in [0.5, 0.6) is 0 Å². The van der Waals surface area contributed by atoms with E-state index in [1.165, 1.54) is 24.3 Å². The van der Waals surface area contributed by atoms with Crippen molar-refractivity contribution in [3.63, 3.8) is 0 Å². The number of ether oxygens (including phenoxy) is 2. The molecule has 0 unspecified atom stereocenters. The molecule has 0 fully saturated rings. The highest BCUT2D eigenvalue weighted by molar-refractivity contribution is 6.07. The van der Waals surface area contributed by atoms with Gasteiger partial charge < -0.3 is 19.2 Å². The molecule has 8 nitrogen and oxygen atoms in total. The van der Waals surface area contributed by atoms with Crippen molar-refractivity contribution < 1.29 is 28.3 Å². The summed E-state index contributed by atoms with van der Waals surface area (Å²) < 4.78 is 15.1. The van der Waals surface area contributed by atoms with E-state index < -0.39 is 23.5 Å². The molecule has 1 aromatic heterocycles. The van der Waals surface area contributed by atoms with E-state index in [2.05, 4.69) is 5.32 Å². The van der Waals surface area contributed by atoms with Crippen LogP contribution < -0.4 is 10.9 Å². The first kappa shape index (κ1) is 20.8. The Morgan fingerprint density at radius 3 is 2.10 bits per heavy atom. The minimum atomic E-state index is -0.807. The molecule has 0 saturated heterocycles. The number of amides is 1. The fraction of sp³-hybridized carbons (Fsp3) is 0.182. The van der Waals surface area contributed by atoms with E-state index >= 15 is 0 Å². The number of rotatable bonds is 6. The van der Waals surface area contributed by atoms with Crippen LogP contribution in [0.4, 0.5) is 5.69 Å². The summed E-state index contributed by atoms with van der Waals surface area (Å²) >= 11 is 0. The van der Waals surface area contributed by atoms with Gasteiger partial charge in [0.2, 0.25) is 0 Å². The molecule has 154 valence electrons. The third-order valence-electron chi connectivity index (χ3n) is 4.10. The lowest BCUT2D eigenvalue weighted by Gasteiger charge is -2.10. The summed E-state index contributed by atoms with van der Waals surface area (Å²) in [5.41, 5.74) is -0.424. The summed E-state index contributed by atoms with van der Waals surface area (Å²) in [4.78, 5) is 49.2. The van der Waals surface area contributed by atoms with Gasteiger partial charge in [-0.2, -0.15) is 0 Å². The zero-order chi connectivity index (χ0) is 21.7. The molecule has 0 spiro atoms. The number of para-hydroxylation sites is 1. The average Bonchev–Trinajstić information content (AvgIpc) is 2.73. The lowest BCUT2D eigenvalue weighted by molar-refractivity contribution is 0.0525. The molecule has 0 bridgehead atoms. The predicted molar refractivity (Wildman–Crippen MR) is 109 cm³/mol. The molecule has 1 amide bonds. The molecule has 0 aliphatic rings. The highest BCUT2D eigenvalue weighted by atomic mass is 16.5. The quantitative estimate of drug-likeness (QED) is 0.490. The standard InChI is InChI=1S/C22H19NO7/c1-3-28-20(25)14-9-15(21(26)29-4-2)11-16(10-14)23-19(24)17-12-13-7-5-6-8-18(13)30-22(17)27/h5-12H,3-4H2,1-2H3,(H,23,24). The van der Waals surface area contributed by atoms with Crippen LogP contribution in [0.3, 0.4) is 0 Å². The number of carbonyl (C=O) groups excluding carboxylic acids is 3. The van der Waals surface area contributed by atoms with Gasteiger partial charge >= 0.3 is 17.6 Å². The van der Waals surface area contributed by atoms with Gasteiger partial charge in [-0.25, -0.2) is 14.4 Å². The molecule has 0 radical (unpaired) electrons. The molecule has 0 atom stereocenters. The normalized spacial score (nSPS) is 10.5. The van der Waals surface area contributed by atoms with E-state index in [9.17, 15) is 19.2 Å². The third kappa shape index (κ3) is 4.54. The number of nitrogens with one attached hydrogen (secondary N) is 1. The molecule has 1 N–H and O–H groups in total. The Balaban J connectivity index is 1.97. The van der Waals surface area contributed by atoms with Crippen LogP contribution >= 0.6 is 0 Å². The number of benzene rings is 2. The summed E-state index contributed by atoms with van der Waals surface area (Å²) in [5.74, 6) is -2.07. The molecule has 1 heterocycles. The second-order valence-electron chi connectivity index (χ2n) is 6.18. The summed E-state index contributed by atoms with van der Waals surface area (Å²) in [7, 11) is 0. The van der Waals surface area contributed by atoms with Gasteiger partial charge in [0.15, 0.2) is 0 Å². The van der Waals surface area contributed by atoms with Gasteiger partial charge in [-0.3, -0.25) is 4.79 Å². The largest absolute Gasteiger partial charge is 0.462 e. The van der Waals surface area contributed by atoms with Crippen molar-refractivity contribution >= 4 is 34.5 Å². The second-order valence-corrected chi connectivity index (χ2v) is 6.18. The summed E-state index contributed by atoms with van der Waals surface area (Å²) in [6, 6.07) is 12.2. The van der Waals surface area contributed by atoms with Gasteiger partial charge in [-0.1, -0.05) is 18.2 Å². The van der Waals surface area contributed by atoms with Crippen molar-refractivity contribution in [2.75, 3.05) is 18.5 Å². The van der Waals surface area contributed by atoms with Crippen molar-refractivity contribution in [2.45, 2.75) is 13.8 Å². The number of fused-ring (bicyclic) bond motifs is 1. The van der Waals surface area contributed by atoms with Crippen molar-refractivity contribution in [3.8, 4) is 0 Å². The Kier molecular flexibility index (Phi) is 6.26. The van der Waals surface area contributed by atoms with Crippen LogP contribution in [0.2, 0.25) is 0 Å². The number of carbonyl (C=O) groups is 3. The van der Waals surface area contributed by atoms with Crippen LogP contribution in [0.15, 0.2) is 57.7 Å². The molecule has 2 aromatic carbocycles. The Bertz CT molecular complexity index is 1140. The fourth-order valence-corrected chi connectivity index (χ4v) is 2.78. The predicted octanol–water partition coefficient (Wildman–Crippen LogP) is 3.40. The monoisotopic (exact) mass is 409 g/mol. The first-order chi connectivity index (χ1) is 14.4. The number of hydrogen-bond donors (Lipinski definition) is 1. The Morgan fingerprint density at radius 1 is 0.900 bits per heavy atom. The Morgan fingerprint density at radius 2 is 1.50 bits per heavy atom. The van der Waals surface area contributed by atoms with Crippen LogP contribution in [0.1, 0.15) is 44.9 Å². The maximum atomic E-state index is 12.7. The van der Waals surface area contributed by atoms with Crippen molar-refractivity contribution in [1.82, 2.24) is 0 Å². The smallest absolute Gasteiger partial charge is 0.349 e. The van der Waals surface area contributed by atoms with Crippen LogP contribution in [0.25, 0.3) is 11.0 Å². The van der Waals surface area contributed by atoms with Gasteiger partial charge in [0, 0.05) is 11.1 Å². The molecular weight excluding hydrogens is 390 g/mol. The van der Waals surface area contributed by atoms with E-state index in [0.717, 1.165) is 0 Å². The van der Waals surface area contributed by atoms with E-state index in [-0.39, 0.29) is 35.6 Å². The van der Waals surface area contributed by atoms with Gasteiger partial charge in [0.05, 0.1) is 24.3 Å². The van der Waals surface area contributed by atoms with E-state index in [4.69, 9.17) is 13.9 Å². The molecule has 30 heavy (non-hydrogen) atoms. The van der Waals surface area contributed by atoms with E-state index in [0.29, 0.717) is 11.0 Å². The first-order valence-electron chi connectivity index (χ1n) is 9.26. The maximum absolute atomic E-state index is 12.7. The second kappa shape index (κ2) is 9.04. The summed E-state index contributed by atoms with van der Waals surface area (Å²) in [5, 5.41) is 3.10. The van der Waals surface area contributed by atoms with Gasteiger partial charge in [-0.05, 0) is 44.2 Å². The summed E-state index contributed by atoms with van der Waals surface area (Å²) in [6.45, 7) is 3.58. The van der Waals surface area contributed by atoms with Gasteiger partial charge in [0.1, 0.15) is 11.1 Å². The van der Waals surface area contributed by atoms with E-state index in [1.54, 1.807) is 38.1 Å². The zero-order valence-corrected chi connectivity index (χ0v) is 16.4. The third-order valence-corrected chi connectivity index (χ3v) is 4.10. The number of esters is 2. The lowest BCUT2D eigenvalue weighted by Crippen LogP contribution is -2.21. The van der Waals surface area contributed by atoms with E-state index in [1.807, 2.05) is 0 Å². The summed E-state index contributed by atoms with van der Waals surface area (Å²) in [6.07, 6.45) is 0. The molecule has 3 aromatic rings. The average molecular weight is 409 g/mol.